The van der Waals surface area contributed by atoms with Crippen LogP contribution in [0.1, 0.15) is 12.8 Å². The van der Waals surface area contributed by atoms with Crippen molar-refractivity contribution in [1.82, 2.24) is 10.2 Å². The van der Waals surface area contributed by atoms with Gasteiger partial charge in [0.1, 0.15) is 5.75 Å². The molecule has 0 saturated carbocycles. The van der Waals surface area contributed by atoms with E-state index < -0.39 is 4.92 Å². The molecule has 1 unspecified atom stereocenters. The molecule has 0 spiro atoms. The topological polar surface area (TPSA) is 110 Å². The lowest BCUT2D eigenvalue weighted by atomic mass is 9.97. The largest absolute Gasteiger partial charge is 0.494 e. The Balaban J connectivity index is 1.43. The van der Waals surface area contributed by atoms with E-state index in [9.17, 15) is 14.9 Å². The number of piperidine rings is 1. The van der Waals surface area contributed by atoms with Crippen LogP contribution in [0, 0.1) is 16.0 Å². The molecule has 2 aromatic carbocycles. The number of amides is 1. The lowest BCUT2D eigenvalue weighted by Gasteiger charge is -2.32. The summed E-state index contributed by atoms with van der Waals surface area (Å²) in [7, 11) is 1.41. The highest BCUT2D eigenvalue weighted by Gasteiger charge is 2.27. The molecule has 0 bridgehead atoms. The summed E-state index contributed by atoms with van der Waals surface area (Å²) in [6.07, 6.45) is 1.56. The zero-order valence-electron chi connectivity index (χ0n) is 17.9. The Morgan fingerprint density at radius 1 is 1.18 bits per heavy atom. The third kappa shape index (κ3) is 5.20. The molecule has 0 radical (unpaired) electrons. The first-order valence-electron chi connectivity index (χ1n) is 10.4. The maximum Gasteiger partial charge on any atom is 0.273 e. The van der Waals surface area contributed by atoms with Gasteiger partial charge < -0.3 is 15.0 Å². The van der Waals surface area contributed by atoms with Gasteiger partial charge in [-0.25, -0.2) is 0 Å². The molecule has 1 saturated heterocycles. The molecule has 1 aliphatic heterocycles. The monoisotopic (exact) mass is 467 g/mol. The molecule has 1 atom stereocenters. The number of rotatable bonds is 6. The van der Waals surface area contributed by atoms with Crippen molar-refractivity contribution in [2.45, 2.75) is 12.8 Å². The number of halogens is 1. The fourth-order valence-corrected chi connectivity index (χ4v) is 3.93. The van der Waals surface area contributed by atoms with Crippen molar-refractivity contribution < 1.29 is 14.5 Å². The number of aromatic nitrogens is 2. The van der Waals surface area contributed by atoms with Gasteiger partial charge in [0.25, 0.3) is 5.69 Å². The summed E-state index contributed by atoms with van der Waals surface area (Å²) in [5.41, 5.74) is 1.96. The fraction of sp³-hybridized carbons (Fsp3) is 0.261. The van der Waals surface area contributed by atoms with Gasteiger partial charge in [-0.2, -0.15) is 0 Å². The minimum absolute atomic E-state index is 0.102. The molecule has 1 aliphatic rings. The summed E-state index contributed by atoms with van der Waals surface area (Å²) in [5, 5.41) is 23.2. The molecular weight excluding hydrogens is 446 g/mol. The van der Waals surface area contributed by atoms with Crippen molar-refractivity contribution in [3.8, 4) is 17.0 Å². The zero-order chi connectivity index (χ0) is 23.4. The first-order chi connectivity index (χ1) is 15.9. The summed E-state index contributed by atoms with van der Waals surface area (Å²) in [6, 6.07) is 15.3. The minimum Gasteiger partial charge on any atom is -0.494 e. The van der Waals surface area contributed by atoms with Gasteiger partial charge in [-0.15, -0.1) is 10.2 Å². The van der Waals surface area contributed by atoms with Gasteiger partial charge in [0, 0.05) is 29.7 Å². The van der Waals surface area contributed by atoms with Crippen LogP contribution in [-0.4, -0.2) is 41.2 Å². The molecule has 4 rings (SSSR count). The van der Waals surface area contributed by atoms with Crippen molar-refractivity contribution in [3.05, 3.63) is 69.7 Å². The molecule has 2 heterocycles. The van der Waals surface area contributed by atoms with E-state index in [-0.39, 0.29) is 23.3 Å². The highest BCUT2D eigenvalue weighted by Crippen LogP contribution is 2.30. The van der Waals surface area contributed by atoms with E-state index in [0.29, 0.717) is 23.1 Å². The lowest BCUT2D eigenvalue weighted by molar-refractivity contribution is -0.384. The first kappa shape index (κ1) is 22.5. The maximum absolute atomic E-state index is 12.9. The van der Waals surface area contributed by atoms with Crippen LogP contribution in [0.4, 0.5) is 17.2 Å². The number of nitrogens with one attached hydrogen (secondary N) is 1. The van der Waals surface area contributed by atoms with Crippen LogP contribution in [0.2, 0.25) is 5.02 Å². The van der Waals surface area contributed by atoms with Crippen LogP contribution in [0.3, 0.4) is 0 Å². The Bertz CT molecular complexity index is 1150. The molecule has 1 N–H and O–H groups in total. The van der Waals surface area contributed by atoms with Crippen LogP contribution < -0.4 is 15.0 Å². The Morgan fingerprint density at radius 3 is 2.64 bits per heavy atom. The van der Waals surface area contributed by atoms with Crippen molar-refractivity contribution in [2.24, 2.45) is 5.92 Å². The van der Waals surface area contributed by atoms with E-state index in [0.717, 1.165) is 30.6 Å². The fourth-order valence-electron chi connectivity index (χ4n) is 3.80. The van der Waals surface area contributed by atoms with Crippen molar-refractivity contribution in [3.63, 3.8) is 0 Å². The predicted octanol–water partition coefficient (Wildman–Crippen LogP) is 4.57. The smallest absolute Gasteiger partial charge is 0.273 e. The average Bonchev–Trinajstić information content (AvgIpc) is 2.85. The number of methoxy groups -OCH3 is 1. The number of benzene rings is 2. The second-order valence-electron chi connectivity index (χ2n) is 7.70. The quantitative estimate of drug-likeness (QED) is 0.417. The van der Waals surface area contributed by atoms with Gasteiger partial charge in [0.05, 0.1) is 35.4 Å². The summed E-state index contributed by atoms with van der Waals surface area (Å²) < 4.78 is 5.21. The Hall–Kier alpha value is -3.72. The van der Waals surface area contributed by atoms with Crippen LogP contribution in [0.15, 0.2) is 54.6 Å². The number of non-ortho nitro benzene ring substituents is 1. The van der Waals surface area contributed by atoms with Gasteiger partial charge in [-0.3, -0.25) is 14.9 Å². The molecule has 1 fully saturated rings. The van der Waals surface area contributed by atoms with E-state index in [1.165, 1.54) is 25.3 Å². The normalized spacial score (nSPS) is 15.7. The molecular formula is C23H22ClN5O4. The number of nitro groups is 1. The van der Waals surface area contributed by atoms with Crippen molar-refractivity contribution >= 4 is 34.7 Å². The number of nitrogens with zero attached hydrogens (tertiary/aromatic N) is 4. The lowest BCUT2D eigenvalue weighted by Crippen LogP contribution is -2.41. The standard InChI is InChI=1S/C23H22ClN5O4/c1-33-21-13-18(29(31)32)8-9-20(21)25-23(30)16-3-2-12-28(14-16)22-11-10-19(26-27-22)15-4-6-17(24)7-5-15/h4-11,13,16H,2-3,12,14H2,1H3,(H,25,30). The SMILES string of the molecule is COc1cc([N+](=O)[O-])ccc1NC(=O)C1CCCN(c2ccc(-c3ccc(Cl)cc3)nn2)C1. The number of hydrogen-bond donors (Lipinski definition) is 1. The number of ether oxygens (including phenoxy) is 1. The van der Waals surface area contributed by atoms with Crippen molar-refractivity contribution in [2.75, 3.05) is 30.4 Å². The number of carbonyl (C=O) groups excluding carboxylic acids is 1. The Kier molecular flexibility index (Phi) is 6.69. The molecule has 33 heavy (non-hydrogen) atoms. The second-order valence-corrected chi connectivity index (χ2v) is 8.14. The number of carbonyl (C=O) groups is 1. The zero-order valence-corrected chi connectivity index (χ0v) is 18.7. The number of anilines is 2. The van der Waals surface area contributed by atoms with E-state index in [1.807, 2.05) is 29.2 Å². The summed E-state index contributed by atoms with van der Waals surface area (Å²) in [4.78, 5) is 25.4. The second kappa shape index (κ2) is 9.83. The van der Waals surface area contributed by atoms with Gasteiger partial charge in [0.15, 0.2) is 5.82 Å². The van der Waals surface area contributed by atoms with E-state index in [2.05, 4.69) is 15.5 Å². The molecule has 10 heteroatoms. The molecule has 1 amide bonds. The molecule has 170 valence electrons. The number of hydrogen-bond acceptors (Lipinski definition) is 7. The van der Waals surface area contributed by atoms with E-state index in [1.54, 1.807) is 12.1 Å². The van der Waals surface area contributed by atoms with Crippen LogP contribution in [0.5, 0.6) is 5.75 Å². The predicted molar refractivity (Wildman–Crippen MR) is 126 cm³/mol. The molecule has 9 nitrogen and oxygen atoms in total. The van der Waals surface area contributed by atoms with Gasteiger partial charge in [0.2, 0.25) is 5.91 Å². The minimum atomic E-state index is -0.508. The number of nitro benzene ring substituents is 1. The average molecular weight is 468 g/mol. The molecule has 3 aromatic rings. The van der Waals surface area contributed by atoms with Gasteiger partial charge in [-0.05, 0) is 43.2 Å². The summed E-state index contributed by atoms with van der Waals surface area (Å²) in [5.74, 6) is 0.515. The highest BCUT2D eigenvalue weighted by molar-refractivity contribution is 6.30. The van der Waals surface area contributed by atoms with Crippen molar-refractivity contribution in [1.29, 1.82) is 0 Å². The van der Waals surface area contributed by atoms with Gasteiger partial charge in [-0.1, -0.05) is 23.7 Å². The van der Waals surface area contributed by atoms with Gasteiger partial charge >= 0.3 is 0 Å². The Morgan fingerprint density at radius 2 is 1.97 bits per heavy atom. The van der Waals surface area contributed by atoms with E-state index >= 15 is 0 Å². The van der Waals surface area contributed by atoms with Crippen LogP contribution >= 0.6 is 11.6 Å². The van der Waals surface area contributed by atoms with E-state index in [4.69, 9.17) is 16.3 Å². The van der Waals surface area contributed by atoms with Crippen LogP contribution in [-0.2, 0) is 4.79 Å². The van der Waals surface area contributed by atoms with Crippen LogP contribution in [0.25, 0.3) is 11.3 Å². The summed E-state index contributed by atoms with van der Waals surface area (Å²) in [6.45, 7) is 1.27. The highest BCUT2D eigenvalue weighted by atomic mass is 35.5. The third-order valence-electron chi connectivity index (χ3n) is 5.56. The summed E-state index contributed by atoms with van der Waals surface area (Å²) >= 11 is 5.94. The molecule has 0 aliphatic carbocycles. The molecule has 1 aromatic heterocycles. The third-order valence-corrected chi connectivity index (χ3v) is 5.81. The Labute approximate surface area is 195 Å². The maximum atomic E-state index is 12.9. The first-order valence-corrected chi connectivity index (χ1v) is 10.8.